The van der Waals surface area contributed by atoms with Crippen LogP contribution in [0.4, 0.5) is 0 Å². The molecule has 15 N–H and O–H groups in total. The number of hydrogen-bond acceptors (Lipinski definition) is 8. The fourth-order valence-electron chi connectivity index (χ4n) is 3.69. The fourth-order valence-corrected chi connectivity index (χ4v) is 3.69. The lowest BCUT2D eigenvalue weighted by atomic mass is 10.0. The molecule has 0 aromatic heterocycles. The van der Waals surface area contributed by atoms with Crippen molar-refractivity contribution in [2.75, 3.05) is 13.1 Å². The summed E-state index contributed by atoms with van der Waals surface area (Å²) in [6.07, 6.45) is -0.630. The molecule has 0 aliphatic carbocycles. The molecule has 5 unspecified atom stereocenters. The number of carbonyl (C=O) groups is 4. The normalized spacial score (nSPS) is 14.3. The number of aliphatic carboxylic acids is 1. The lowest BCUT2D eigenvalue weighted by Crippen LogP contribution is -2.60. The molecule has 16 heteroatoms. The number of carboxylic acids is 1. The molecular weight excluding hydrogens is 536 g/mol. The van der Waals surface area contributed by atoms with E-state index in [-0.39, 0.29) is 57.1 Å². The van der Waals surface area contributed by atoms with E-state index >= 15 is 0 Å². The molecule has 5 atom stereocenters. The van der Waals surface area contributed by atoms with Crippen molar-refractivity contribution >= 4 is 35.6 Å². The Morgan fingerprint density at radius 3 is 1.80 bits per heavy atom. The number of carbonyl (C=O) groups excluding carboxylic acids is 3. The predicted molar refractivity (Wildman–Crippen MR) is 153 cm³/mol. The zero-order chi connectivity index (χ0) is 30.9. The number of aliphatic hydroxyl groups is 1. The summed E-state index contributed by atoms with van der Waals surface area (Å²) >= 11 is 0. The van der Waals surface area contributed by atoms with Gasteiger partial charge < -0.3 is 54.8 Å². The topological polar surface area (TPSA) is 300 Å². The number of amides is 3. The third-order valence-corrected chi connectivity index (χ3v) is 5.84. The van der Waals surface area contributed by atoms with Gasteiger partial charge in [-0.1, -0.05) is 30.3 Å². The Balaban J connectivity index is 2.97. The molecule has 3 amide bonds. The van der Waals surface area contributed by atoms with Crippen LogP contribution in [0.5, 0.6) is 0 Å². The largest absolute Gasteiger partial charge is 0.480 e. The Kier molecular flexibility index (Phi) is 15.2. The molecular formula is C25H42N10O6. The van der Waals surface area contributed by atoms with E-state index in [0.29, 0.717) is 0 Å². The van der Waals surface area contributed by atoms with E-state index in [1.165, 1.54) is 6.92 Å². The van der Waals surface area contributed by atoms with Gasteiger partial charge >= 0.3 is 5.97 Å². The van der Waals surface area contributed by atoms with Crippen LogP contribution in [0.15, 0.2) is 40.3 Å². The molecule has 0 spiro atoms. The van der Waals surface area contributed by atoms with Crippen LogP contribution in [0.3, 0.4) is 0 Å². The van der Waals surface area contributed by atoms with Crippen molar-refractivity contribution in [2.45, 2.75) is 69.3 Å². The first kappa shape index (κ1) is 34.6. The van der Waals surface area contributed by atoms with Crippen molar-refractivity contribution in [1.29, 1.82) is 0 Å². The maximum Gasteiger partial charge on any atom is 0.326 e. The second-order valence-electron chi connectivity index (χ2n) is 9.38. The quantitative estimate of drug-likeness (QED) is 0.0464. The number of aliphatic hydroxyl groups excluding tert-OH is 1. The van der Waals surface area contributed by atoms with Crippen molar-refractivity contribution in [1.82, 2.24) is 16.0 Å². The van der Waals surface area contributed by atoms with Gasteiger partial charge in [-0.15, -0.1) is 0 Å². The maximum atomic E-state index is 13.1. The van der Waals surface area contributed by atoms with E-state index < -0.39 is 54.0 Å². The molecule has 1 aromatic rings. The predicted octanol–water partition coefficient (Wildman–Crippen LogP) is -3.42. The highest BCUT2D eigenvalue weighted by atomic mass is 16.4. The van der Waals surface area contributed by atoms with Crippen molar-refractivity contribution in [3.05, 3.63) is 35.9 Å². The Hall–Kier alpha value is -4.44. The minimum atomic E-state index is -1.45. The summed E-state index contributed by atoms with van der Waals surface area (Å²) < 4.78 is 0. The molecule has 0 saturated carbocycles. The van der Waals surface area contributed by atoms with E-state index in [1.54, 1.807) is 24.3 Å². The maximum absolute atomic E-state index is 13.1. The molecule has 1 rings (SSSR count). The number of nitrogens with zero attached hydrogens (tertiary/aromatic N) is 2. The Morgan fingerprint density at radius 1 is 0.805 bits per heavy atom. The first-order chi connectivity index (χ1) is 19.3. The Bertz CT molecular complexity index is 1060. The minimum Gasteiger partial charge on any atom is -0.480 e. The molecule has 0 fully saturated rings. The van der Waals surface area contributed by atoms with Crippen LogP contribution in [-0.2, 0) is 25.6 Å². The smallest absolute Gasteiger partial charge is 0.326 e. The number of rotatable bonds is 18. The van der Waals surface area contributed by atoms with Crippen LogP contribution in [0, 0.1) is 0 Å². The molecule has 0 radical (unpaired) electrons. The van der Waals surface area contributed by atoms with Gasteiger partial charge in [0.2, 0.25) is 17.7 Å². The van der Waals surface area contributed by atoms with Crippen LogP contribution in [0.1, 0.15) is 38.2 Å². The second-order valence-corrected chi connectivity index (χ2v) is 9.38. The summed E-state index contributed by atoms with van der Waals surface area (Å²) in [5.41, 5.74) is 28.0. The summed E-state index contributed by atoms with van der Waals surface area (Å²) in [4.78, 5) is 58.3. The van der Waals surface area contributed by atoms with Crippen LogP contribution in [-0.4, -0.2) is 89.2 Å². The average Bonchev–Trinajstić information content (AvgIpc) is 2.90. The van der Waals surface area contributed by atoms with Gasteiger partial charge in [0.15, 0.2) is 11.9 Å². The zero-order valence-electron chi connectivity index (χ0n) is 23.0. The van der Waals surface area contributed by atoms with E-state index in [0.717, 1.165) is 5.56 Å². The number of aliphatic imine (C=N–C) groups is 2. The SMILES string of the molecule is CC(O)C(NC(=O)C(N)Cc1ccccc1)C(=O)NC(CCCN=C(N)N)C(=O)NC(CCCN=C(N)N)C(=O)O. The molecule has 0 aliphatic rings. The van der Waals surface area contributed by atoms with E-state index in [1.807, 2.05) is 6.07 Å². The highest BCUT2D eigenvalue weighted by molar-refractivity contribution is 5.94. The molecule has 0 saturated heterocycles. The van der Waals surface area contributed by atoms with Crippen LogP contribution in [0.25, 0.3) is 0 Å². The molecule has 0 heterocycles. The summed E-state index contributed by atoms with van der Waals surface area (Å²) in [6, 6.07) is 3.99. The molecule has 41 heavy (non-hydrogen) atoms. The first-order valence-electron chi connectivity index (χ1n) is 13.0. The van der Waals surface area contributed by atoms with Gasteiger partial charge in [-0.2, -0.15) is 0 Å². The molecule has 0 aliphatic heterocycles. The zero-order valence-corrected chi connectivity index (χ0v) is 23.0. The number of nitrogens with two attached hydrogens (primary N) is 5. The van der Waals surface area contributed by atoms with E-state index in [4.69, 9.17) is 28.7 Å². The fraction of sp³-hybridized carbons (Fsp3) is 0.520. The van der Waals surface area contributed by atoms with Gasteiger partial charge in [0.25, 0.3) is 0 Å². The highest BCUT2D eigenvalue weighted by Crippen LogP contribution is 2.06. The van der Waals surface area contributed by atoms with Gasteiger partial charge in [0.1, 0.15) is 18.1 Å². The van der Waals surface area contributed by atoms with Gasteiger partial charge in [-0.25, -0.2) is 4.79 Å². The van der Waals surface area contributed by atoms with Gasteiger partial charge in [-0.3, -0.25) is 24.4 Å². The summed E-state index contributed by atoms with van der Waals surface area (Å²) in [6.45, 7) is 1.58. The van der Waals surface area contributed by atoms with Gasteiger partial charge in [0.05, 0.1) is 12.1 Å². The second kappa shape index (κ2) is 18.0. The van der Waals surface area contributed by atoms with Gasteiger partial charge in [-0.05, 0) is 44.6 Å². The number of carboxylic acid groups (broad SMARTS) is 1. The number of nitrogens with one attached hydrogen (secondary N) is 3. The minimum absolute atomic E-state index is 0.0121. The average molecular weight is 579 g/mol. The van der Waals surface area contributed by atoms with E-state index in [2.05, 4.69) is 25.9 Å². The standard InChI is InChI=1S/C25H42N10O6/c1-14(36)19(35-20(37)16(26)13-15-7-3-2-4-8-15)22(39)33-17(9-5-11-31-24(27)28)21(38)34-18(23(40)41)10-6-12-32-25(29)30/h2-4,7-8,14,16-19,36H,5-6,9-13,26H2,1H3,(H,33,39)(H,34,38)(H,35,37)(H,40,41)(H4,27,28,31)(H4,29,30,32). The number of guanidine groups is 2. The van der Waals surface area contributed by atoms with Crippen LogP contribution < -0.4 is 44.6 Å². The molecule has 16 nitrogen and oxygen atoms in total. The summed E-state index contributed by atoms with van der Waals surface area (Å²) in [7, 11) is 0. The van der Waals surface area contributed by atoms with Crippen molar-refractivity contribution in [2.24, 2.45) is 38.7 Å². The third kappa shape index (κ3) is 14.0. The monoisotopic (exact) mass is 578 g/mol. The lowest BCUT2D eigenvalue weighted by Gasteiger charge is -2.26. The van der Waals surface area contributed by atoms with Crippen molar-refractivity contribution in [3.63, 3.8) is 0 Å². The van der Waals surface area contributed by atoms with Gasteiger partial charge in [0, 0.05) is 13.1 Å². The lowest BCUT2D eigenvalue weighted by molar-refractivity contribution is -0.142. The molecule has 1 aromatic carbocycles. The highest BCUT2D eigenvalue weighted by Gasteiger charge is 2.32. The molecule has 228 valence electrons. The van der Waals surface area contributed by atoms with Crippen molar-refractivity contribution < 1.29 is 29.4 Å². The van der Waals surface area contributed by atoms with E-state index in [9.17, 15) is 29.4 Å². The summed E-state index contributed by atoms with van der Waals surface area (Å²) in [5.74, 6) is -3.96. The van der Waals surface area contributed by atoms with Crippen LogP contribution >= 0.6 is 0 Å². The Labute approximate surface area is 238 Å². The number of benzene rings is 1. The third-order valence-electron chi connectivity index (χ3n) is 5.84. The van der Waals surface area contributed by atoms with Crippen LogP contribution in [0.2, 0.25) is 0 Å². The molecule has 0 bridgehead atoms. The number of hydrogen-bond donors (Lipinski definition) is 10. The Morgan fingerprint density at radius 2 is 1.32 bits per heavy atom. The first-order valence-corrected chi connectivity index (χ1v) is 13.0. The van der Waals surface area contributed by atoms with Crippen molar-refractivity contribution in [3.8, 4) is 0 Å². The summed E-state index contributed by atoms with van der Waals surface area (Å²) in [5, 5.41) is 27.1.